The van der Waals surface area contributed by atoms with Gasteiger partial charge in [-0.15, -0.1) is 0 Å². The van der Waals surface area contributed by atoms with E-state index in [1.54, 1.807) is 0 Å². The lowest BCUT2D eigenvalue weighted by atomic mass is 10.1. The number of hydrogen-bond donors (Lipinski definition) is 0. The molecule has 46 valence electrons. The van der Waals surface area contributed by atoms with Crippen LogP contribution in [0.3, 0.4) is 0 Å². The Hall–Kier alpha value is -0.960. The van der Waals surface area contributed by atoms with Crippen LogP contribution in [0, 0.1) is 19.1 Å². The molecule has 0 aliphatic rings. The summed E-state index contributed by atoms with van der Waals surface area (Å²) in [5, 5.41) is 0. The largest absolute Gasteiger partial charge is 0.0699 e. The third-order valence-electron chi connectivity index (χ3n) is 1.49. The SMILES string of the molecule is CCc1ccc#cc1C. The quantitative estimate of drug-likeness (QED) is 0.530. The van der Waals surface area contributed by atoms with Crippen LogP contribution in [0.2, 0.25) is 0 Å². The third-order valence-corrected chi connectivity index (χ3v) is 1.49. The average molecular weight is 118 g/mol. The summed E-state index contributed by atoms with van der Waals surface area (Å²) in [5.41, 5.74) is 2.59. The molecule has 0 saturated carbocycles. The molecule has 0 aliphatic carbocycles. The zero-order valence-electron chi connectivity index (χ0n) is 5.86. The molecule has 0 saturated heterocycles. The minimum Gasteiger partial charge on any atom is -0.0699 e. The molecular formula is C9H10. The van der Waals surface area contributed by atoms with Crippen molar-refractivity contribution in [3.63, 3.8) is 0 Å². The highest BCUT2D eigenvalue weighted by Crippen LogP contribution is 2.02. The van der Waals surface area contributed by atoms with Crippen molar-refractivity contribution in [1.29, 1.82) is 0 Å². The van der Waals surface area contributed by atoms with E-state index in [1.807, 2.05) is 6.07 Å². The van der Waals surface area contributed by atoms with E-state index in [4.69, 9.17) is 0 Å². The summed E-state index contributed by atoms with van der Waals surface area (Å²) in [7, 11) is 0. The van der Waals surface area contributed by atoms with E-state index in [2.05, 4.69) is 32.0 Å². The molecule has 0 bridgehead atoms. The molecule has 0 amide bonds. The van der Waals surface area contributed by atoms with Gasteiger partial charge in [0.1, 0.15) is 0 Å². The summed E-state index contributed by atoms with van der Waals surface area (Å²) in [5.74, 6) is 0. The van der Waals surface area contributed by atoms with Crippen LogP contribution in [0.4, 0.5) is 0 Å². The molecule has 0 aliphatic heterocycles. The van der Waals surface area contributed by atoms with Crippen molar-refractivity contribution < 1.29 is 0 Å². The lowest BCUT2D eigenvalue weighted by Gasteiger charge is -1.94. The molecule has 1 aromatic rings. The Bertz CT molecular complexity index is 189. The van der Waals surface area contributed by atoms with Crippen LogP contribution in [-0.2, 0) is 6.42 Å². The van der Waals surface area contributed by atoms with Crippen molar-refractivity contribution in [1.82, 2.24) is 0 Å². The van der Waals surface area contributed by atoms with Crippen molar-refractivity contribution >= 4 is 0 Å². The van der Waals surface area contributed by atoms with Gasteiger partial charge in [0.05, 0.1) is 0 Å². The Morgan fingerprint density at radius 3 is 2.78 bits per heavy atom. The monoisotopic (exact) mass is 118 g/mol. The van der Waals surface area contributed by atoms with Gasteiger partial charge < -0.3 is 0 Å². The number of aryl methyl sites for hydroxylation is 1. The zero-order valence-corrected chi connectivity index (χ0v) is 5.86. The minimum absolute atomic E-state index is 1.09. The first-order chi connectivity index (χ1) is 4.34. The topological polar surface area (TPSA) is 0 Å². The first kappa shape index (κ1) is 6.16. The van der Waals surface area contributed by atoms with Gasteiger partial charge in [-0.2, -0.15) is 0 Å². The summed E-state index contributed by atoms with van der Waals surface area (Å²) >= 11 is 0. The molecule has 0 N–H and O–H groups in total. The molecule has 0 spiro atoms. The Balaban J connectivity index is 3.01. The zero-order chi connectivity index (χ0) is 6.69. The molecule has 9 heavy (non-hydrogen) atoms. The second kappa shape index (κ2) is 2.55. The maximum absolute atomic E-state index is 3.03. The maximum Gasteiger partial charge on any atom is 0.00249 e. The normalized spacial score (nSPS) is 8.67. The van der Waals surface area contributed by atoms with Crippen LogP contribution in [0.15, 0.2) is 12.1 Å². The van der Waals surface area contributed by atoms with Crippen molar-refractivity contribution in [3.8, 4) is 0 Å². The predicted molar refractivity (Wildman–Crippen MR) is 38.2 cm³/mol. The molecule has 0 radical (unpaired) electrons. The third kappa shape index (κ3) is 1.23. The van der Waals surface area contributed by atoms with Gasteiger partial charge in [-0.1, -0.05) is 19.1 Å². The number of hydrogen-bond acceptors (Lipinski definition) is 0. The fraction of sp³-hybridized carbons (Fsp3) is 0.333. The molecule has 0 heteroatoms. The summed E-state index contributed by atoms with van der Waals surface area (Å²) in [6.45, 7) is 4.21. The highest BCUT2D eigenvalue weighted by molar-refractivity contribution is 5.20. The molecule has 0 aromatic heterocycles. The van der Waals surface area contributed by atoms with E-state index in [1.165, 1.54) is 11.1 Å². The highest BCUT2D eigenvalue weighted by atomic mass is 13.9. The molecule has 0 nitrogen and oxygen atoms in total. The van der Waals surface area contributed by atoms with E-state index in [-0.39, 0.29) is 0 Å². The van der Waals surface area contributed by atoms with Crippen LogP contribution >= 0.6 is 0 Å². The predicted octanol–water partition coefficient (Wildman–Crippen LogP) is 2.16. The van der Waals surface area contributed by atoms with Gasteiger partial charge in [0.15, 0.2) is 0 Å². The first-order valence-corrected chi connectivity index (χ1v) is 3.22. The molecule has 0 atom stereocenters. The second-order valence-electron chi connectivity index (χ2n) is 2.11. The summed E-state index contributed by atoms with van der Waals surface area (Å²) in [6.07, 6.45) is 1.09. The summed E-state index contributed by atoms with van der Waals surface area (Å²) in [6, 6.07) is 9.93. The minimum atomic E-state index is 1.09. The highest BCUT2D eigenvalue weighted by Gasteiger charge is 1.88. The van der Waals surface area contributed by atoms with Gasteiger partial charge in [-0.25, -0.2) is 0 Å². The van der Waals surface area contributed by atoms with E-state index >= 15 is 0 Å². The Kier molecular flexibility index (Phi) is 1.75. The van der Waals surface area contributed by atoms with Crippen LogP contribution in [0.25, 0.3) is 0 Å². The first-order valence-electron chi connectivity index (χ1n) is 3.22. The lowest BCUT2D eigenvalue weighted by molar-refractivity contribution is 1.11. The van der Waals surface area contributed by atoms with Crippen LogP contribution in [0.5, 0.6) is 0 Å². The average Bonchev–Trinajstić information content (AvgIpc) is 1.89. The maximum atomic E-state index is 3.03. The number of rotatable bonds is 1. The fourth-order valence-corrected chi connectivity index (χ4v) is 0.880. The van der Waals surface area contributed by atoms with Crippen LogP contribution in [0.1, 0.15) is 18.1 Å². The van der Waals surface area contributed by atoms with Gasteiger partial charge in [-0.05, 0) is 31.0 Å². The molecular weight excluding hydrogens is 108 g/mol. The standard InChI is InChI=1S/C9H10/c1-3-9-7-5-4-6-8(9)2/h5,7H,3H2,1-2H3. The van der Waals surface area contributed by atoms with Gasteiger partial charge >= 0.3 is 0 Å². The summed E-state index contributed by atoms with van der Waals surface area (Å²) in [4.78, 5) is 0. The van der Waals surface area contributed by atoms with Crippen molar-refractivity contribution in [3.05, 3.63) is 35.4 Å². The van der Waals surface area contributed by atoms with E-state index in [9.17, 15) is 0 Å². The molecule has 0 heterocycles. The molecule has 1 aromatic carbocycles. The van der Waals surface area contributed by atoms with Crippen molar-refractivity contribution in [2.24, 2.45) is 0 Å². The van der Waals surface area contributed by atoms with E-state index < -0.39 is 0 Å². The molecule has 0 fully saturated rings. The molecule has 1 rings (SSSR count). The lowest BCUT2D eigenvalue weighted by Crippen LogP contribution is -1.81. The van der Waals surface area contributed by atoms with Gasteiger partial charge in [0, 0.05) is 5.56 Å². The van der Waals surface area contributed by atoms with Crippen LogP contribution in [-0.4, -0.2) is 0 Å². The van der Waals surface area contributed by atoms with Crippen LogP contribution < -0.4 is 0 Å². The van der Waals surface area contributed by atoms with E-state index in [0.29, 0.717) is 0 Å². The van der Waals surface area contributed by atoms with Crippen molar-refractivity contribution in [2.75, 3.05) is 0 Å². The van der Waals surface area contributed by atoms with E-state index in [0.717, 1.165) is 6.42 Å². The Morgan fingerprint density at radius 1 is 1.56 bits per heavy atom. The summed E-state index contributed by atoms with van der Waals surface area (Å²) < 4.78 is 0. The molecule has 0 unspecified atom stereocenters. The van der Waals surface area contributed by atoms with Crippen molar-refractivity contribution in [2.45, 2.75) is 20.3 Å². The van der Waals surface area contributed by atoms with Gasteiger partial charge in [0.25, 0.3) is 0 Å². The second-order valence-corrected chi connectivity index (χ2v) is 2.11. The van der Waals surface area contributed by atoms with Gasteiger partial charge in [-0.3, -0.25) is 0 Å². The Labute approximate surface area is 56.5 Å². The Morgan fingerprint density at radius 2 is 2.33 bits per heavy atom. The van der Waals surface area contributed by atoms with Gasteiger partial charge in [0.2, 0.25) is 0 Å². The smallest absolute Gasteiger partial charge is 0.00249 e. The fourth-order valence-electron chi connectivity index (χ4n) is 0.880.